The molecule has 0 bridgehead atoms. The third-order valence-electron chi connectivity index (χ3n) is 8.60. The van der Waals surface area contributed by atoms with E-state index >= 15 is 0 Å². The number of ether oxygens (including phenoxy) is 4. The summed E-state index contributed by atoms with van der Waals surface area (Å²) in [5, 5.41) is 8.03. The Morgan fingerprint density at radius 3 is 2.25 bits per heavy atom. The predicted octanol–water partition coefficient (Wildman–Crippen LogP) is 4.69. The zero-order valence-corrected chi connectivity index (χ0v) is 31.4. The Labute approximate surface area is 305 Å². The highest BCUT2D eigenvalue weighted by atomic mass is 16.6. The SMILES string of the molecule is COc1ccc(C(C(=O)N2CCC(C)CC2)n2cnc(NC(=O)C(COCc3ccccc3)NC(=O)C(C)(C)NC(=O)OC(C)(C)C)c2)cc1OC. The lowest BCUT2D eigenvalue weighted by Crippen LogP contribution is -2.59. The second kappa shape index (κ2) is 17.4. The van der Waals surface area contributed by atoms with Gasteiger partial charge in [0.2, 0.25) is 11.8 Å². The molecule has 4 amide bonds. The standard InChI is InChI=1S/C38H52N6O8/c1-25-16-18-43(19-17-25)34(46)32(27-14-15-29(49-7)30(20-27)50-8)44-21-31(39-24-44)41-33(45)28(23-51-22-26-12-10-9-11-13-26)40-35(47)38(5,6)42-36(48)52-37(2,3)4/h9-15,20-21,24-25,28,32H,16-19,22-23H2,1-8H3,(H,40,47)(H,41,45)(H,42,48). The van der Waals surface area contributed by atoms with Crippen molar-refractivity contribution in [3.63, 3.8) is 0 Å². The number of nitrogens with zero attached hydrogens (tertiary/aromatic N) is 3. The Morgan fingerprint density at radius 2 is 1.62 bits per heavy atom. The highest BCUT2D eigenvalue weighted by Crippen LogP contribution is 2.33. The molecule has 1 saturated heterocycles. The molecule has 1 aromatic heterocycles. The molecule has 1 aliphatic heterocycles. The largest absolute Gasteiger partial charge is 0.493 e. The molecule has 0 spiro atoms. The van der Waals surface area contributed by atoms with Crippen LogP contribution in [0.1, 0.15) is 71.6 Å². The molecule has 4 rings (SSSR count). The van der Waals surface area contributed by atoms with Gasteiger partial charge in [0.05, 0.1) is 33.8 Å². The van der Waals surface area contributed by atoms with Crippen LogP contribution in [0.5, 0.6) is 11.5 Å². The first-order valence-electron chi connectivity index (χ1n) is 17.4. The Bertz CT molecular complexity index is 1680. The Hall–Kier alpha value is -5.11. The summed E-state index contributed by atoms with van der Waals surface area (Å²) in [4.78, 5) is 60.1. The first-order chi connectivity index (χ1) is 24.6. The summed E-state index contributed by atoms with van der Waals surface area (Å²) in [6, 6.07) is 12.7. The number of carbonyl (C=O) groups is 4. The minimum atomic E-state index is -1.44. The van der Waals surface area contributed by atoms with E-state index in [1.807, 2.05) is 35.2 Å². The molecule has 1 fully saturated rings. The third-order valence-corrected chi connectivity index (χ3v) is 8.60. The van der Waals surface area contributed by atoms with Crippen molar-refractivity contribution in [3.05, 3.63) is 72.2 Å². The van der Waals surface area contributed by atoms with Crippen LogP contribution >= 0.6 is 0 Å². The molecule has 2 unspecified atom stereocenters. The molecule has 2 atom stereocenters. The second-order valence-corrected chi connectivity index (χ2v) is 14.5. The number of hydrogen-bond acceptors (Lipinski definition) is 9. The lowest BCUT2D eigenvalue weighted by molar-refractivity contribution is -0.135. The number of methoxy groups -OCH3 is 2. The van der Waals surface area contributed by atoms with Gasteiger partial charge >= 0.3 is 6.09 Å². The highest BCUT2D eigenvalue weighted by Gasteiger charge is 2.35. The lowest BCUT2D eigenvalue weighted by Gasteiger charge is -2.33. The zero-order valence-electron chi connectivity index (χ0n) is 31.4. The van der Waals surface area contributed by atoms with E-state index in [0.717, 1.165) is 18.4 Å². The number of benzene rings is 2. The van der Waals surface area contributed by atoms with Gasteiger partial charge in [-0.15, -0.1) is 0 Å². The fraction of sp³-hybridized carbons (Fsp3) is 0.500. The molecule has 3 N–H and O–H groups in total. The van der Waals surface area contributed by atoms with Crippen molar-refractivity contribution in [1.82, 2.24) is 25.1 Å². The van der Waals surface area contributed by atoms with Crippen molar-refractivity contribution in [2.45, 2.75) is 84.2 Å². The number of amides is 4. The summed E-state index contributed by atoms with van der Waals surface area (Å²) < 4.78 is 23.8. The van der Waals surface area contributed by atoms with Crippen molar-refractivity contribution in [3.8, 4) is 11.5 Å². The van der Waals surface area contributed by atoms with E-state index in [1.54, 1.807) is 56.8 Å². The minimum Gasteiger partial charge on any atom is -0.493 e. The maximum Gasteiger partial charge on any atom is 0.408 e. The van der Waals surface area contributed by atoms with Gasteiger partial charge in [-0.1, -0.05) is 43.3 Å². The van der Waals surface area contributed by atoms with Crippen molar-refractivity contribution >= 4 is 29.6 Å². The van der Waals surface area contributed by atoms with Crippen LogP contribution < -0.4 is 25.4 Å². The van der Waals surface area contributed by atoms with Gasteiger partial charge in [0.15, 0.2) is 17.3 Å². The molecule has 2 heterocycles. The van der Waals surface area contributed by atoms with Crippen LogP contribution in [0, 0.1) is 5.92 Å². The van der Waals surface area contributed by atoms with E-state index in [0.29, 0.717) is 36.1 Å². The van der Waals surface area contributed by atoms with Crippen LogP contribution in [0.15, 0.2) is 61.1 Å². The van der Waals surface area contributed by atoms with Crippen molar-refractivity contribution < 1.29 is 38.1 Å². The van der Waals surface area contributed by atoms with Crippen molar-refractivity contribution in [2.75, 3.05) is 39.2 Å². The molecule has 3 aromatic rings. The smallest absolute Gasteiger partial charge is 0.408 e. The normalized spacial score (nSPS) is 14.9. The third kappa shape index (κ3) is 10.9. The summed E-state index contributed by atoms with van der Waals surface area (Å²) in [6.07, 6.45) is 4.08. The molecule has 52 heavy (non-hydrogen) atoms. The molecular weight excluding hydrogens is 668 g/mol. The number of rotatable bonds is 14. The first kappa shape index (κ1) is 39.7. The second-order valence-electron chi connectivity index (χ2n) is 14.5. The quantitative estimate of drug-likeness (QED) is 0.215. The molecule has 2 aromatic carbocycles. The molecule has 1 aliphatic rings. The van der Waals surface area contributed by atoms with Crippen LogP contribution in [-0.4, -0.2) is 89.4 Å². The number of nitrogens with one attached hydrogen (secondary N) is 3. The van der Waals surface area contributed by atoms with E-state index in [-0.39, 0.29) is 24.9 Å². The summed E-state index contributed by atoms with van der Waals surface area (Å²) >= 11 is 0. The maximum atomic E-state index is 14.1. The van der Waals surface area contributed by atoms with Gasteiger partial charge in [-0.25, -0.2) is 9.78 Å². The van der Waals surface area contributed by atoms with Crippen LogP contribution in [0.4, 0.5) is 10.6 Å². The Kier molecular flexibility index (Phi) is 13.3. The fourth-order valence-corrected chi connectivity index (χ4v) is 5.63. The number of aromatic nitrogens is 2. The summed E-state index contributed by atoms with van der Waals surface area (Å²) in [5.74, 6) is 0.313. The van der Waals surface area contributed by atoms with Gasteiger partial charge < -0.3 is 44.4 Å². The molecule has 0 radical (unpaired) electrons. The van der Waals surface area contributed by atoms with Gasteiger partial charge in [-0.2, -0.15) is 0 Å². The van der Waals surface area contributed by atoms with E-state index in [1.165, 1.54) is 27.3 Å². The number of carbonyl (C=O) groups excluding carboxylic acids is 4. The number of likely N-dealkylation sites (tertiary alicyclic amines) is 1. The van der Waals surface area contributed by atoms with E-state index in [2.05, 4.69) is 27.9 Å². The van der Waals surface area contributed by atoms with Gasteiger partial charge in [0, 0.05) is 19.3 Å². The molecule has 14 nitrogen and oxygen atoms in total. The topological polar surface area (TPSA) is 162 Å². The summed E-state index contributed by atoms with van der Waals surface area (Å²) in [5.41, 5.74) is -0.687. The van der Waals surface area contributed by atoms with E-state index in [4.69, 9.17) is 18.9 Å². The van der Waals surface area contributed by atoms with E-state index < -0.39 is 41.1 Å². The van der Waals surface area contributed by atoms with Crippen molar-refractivity contribution in [1.29, 1.82) is 0 Å². The summed E-state index contributed by atoms with van der Waals surface area (Å²) in [7, 11) is 3.07. The van der Waals surface area contributed by atoms with Gasteiger partial charge in [0.1, 0.15) is 23.2 Å². The number of piperidine rings is 1. The first-order valence-corrected chi connectivity index (χ1v) is 17.4. The maximum absolute atomic E-state index is 14.1. The van der Waals surface area contributed by atoms with Crippen LogP contribution in [0.25, 0.3) is 0 Å². The number of anilines is 1. The van der Waals surface area contributed by atoms with Crippen molar-refractivity contribution in [2.24, 2.45) is 5.92 Å². The summed E-state index contributed by atoms with van der Waals surface area (Å²) in [6.45, 7) is 11.6. The average molecular weight is 721 g/mol. The number of imidazole rings is 1. The van der Waals surface area contributed by atoms with Gasteiger partial charge in [-0.05, 0) is 76.6 Å². The van der Waals surface area contributed by atoms with Crippen LogP contribution in [-0.2, 0) is 30.5 Å². The Balaban J connectivity index is 1.56. The Morgan fingerprint density at radius 1 is 0.942 bits per heavy atom. The van der Waals surface area contributed by atoms with Gasteiger partial charge in [-0.3, -0.25) is 14.4 Å². The molecule has 14 heteroatoms. The van der Waals surface area contributed by atoms with E-state index in [9.17, 15) is 19.2 Å². The fourth-order valence-electron chi connectivity index (χ4n) is 5.63. The highest BCUT2D eigenvalue weighted by molar-refractivity contribution is 5.98. The van der Waals surface area contributed by atoms with Gasteiger partial charge in [0.25, 0.3) is 5.91 Å². The van der Waals surface area contributed by atoms with Crippen LogP contribution in [0.3, 0.4) is 0 Å². The molecule has 0 saturated carbocycles. The number of hydrogen-bond donors (Lipinski definition) is 3. The average Bonchev–Trinajstić information content (AvgIpc) is 3.54. The number of alkyl carbamates (subject to hydrolysis) is 1. The van der Waals surface area contributed by atoms with Crippen LogP contribution in [0.2, 0.25) is 0 Å². The molecular formula is C38H52N6O8. The predicted molar refractivity (Wildman–Crippen MR) is 195 cm³/mol. The molecule has 282 valence electrons. The minimum absolute atomic E-state index is 0.117. The monoisotopic (exact) mass is 720 g/mol. The zero-order chi connectivity index (χ0) is 38.1. The molecule has 0 aliphatic carbocycles. The lowest BCUT2D eigenvalue weighted by atomic mass is 9.97.